The molecule has 0 unspecified atom stereocenters. The first-order chi connectivity index (χ1) is 10.9. The van der Waals surface area contributed by atoms with Crippen LogP contribution >= 0.6 is 0 Å². The van der Waals surface area contributed by atoms with E-state index in [1.165, 1.54) is 95.6 Å². The second-order valence-electron chi connectivity index (χ2n) is 6.74. The number of nitrogens with zero attached hydrogens (tertiary/aromatic N) is 1. The maximum absolute atomic E-state index is 2.40. The Hall–Kier alpha value is -0.850. The highest BCUT2D eigenvalue weighted by Gasteiger charge is 2.03. The molecule has 1 heterocycles. The van der Waals surface area contributed by atoms with E-state index in [1.54, 1.807) is 0 Å². The van der Waals surface area contributed by atoms with Gasteiger partial charge in [-0.3, -0.25) is 0 Å². The van der Waals surface area contributed by atoms with Gasteiger partial charge in [0.05, 0.1) is 0 Å². The molecule has 1 aromatic rings. The van der Waals surface area contributed by atoms with Crippen LogP contribution in [0, 0.1) is 0 Å². The smallest absolute Gasteiger partial charge is 0.171 e. The van der Waals surface area contributed by atoms with E-state index in [9.17, 15) is 0 Å². The van der Waals surface area contributed by atoms with Crippen molar-refractivity contribution in [2.45, 2.75) is 104 Å². The normalized spacial score (nSPS) is 11.0. The van der Waals surface area contributed by atoms with E-state index in [-0.39, 0.29) is 0 Å². The van der Waals surface area contributed by atoms with Crippen molar-refractivity contribution < 1.29 is 4.57 Å². The van der Waals surface area contributed by atoms with Gasteiger partial charge in [-0.05, 0) is 25.3 Å². The van der Waals surface area contributed by atoms with Gasteiger partial charge in [0.2, 0.25) is 0 Å². The number of hydrogen-bond donors (Lipinski definition) is 0. The van der Waals surface area contributed by atoms with Gasteiger partial charge in [-0.15, -0.1) is 0 Å². The lowest BCUT2D eigenvalue weighted by Crippen LogP contribution is -2.33. The lowest BCUT2D eigenvalue weighted by Gasteiger charge is -2.03. The van der Waals surface area contributed by atoms with Crippen LogP contribution < -0.4 is 4.57 Å². The molecule has 1 rings (SSSR count). The van der Waals surface area contributed by atoms with Crippen molar-refractivity contribution in [3.63, 3.8) is 0 Å². The summed E-state index contributed by atoms with van der Waals surface area (Å²) in [4.78, 5) is 0. The van der Waals surface area contributed by atoms with Gasteiger partial charge in [-0.1, -0.05) is 71.6 Å². The number of pyridine rings is 1. The summed E-state index contributed by atoms with van der Waals surface area (Å²) >= 11 is 0. The topological polar surface area (TPSA) is 3.88 Å². The van der Waals surface area contributed by atoms with Crippen LogP contribution in [0.1, 0.15) is 96.5 Å². The minimum Gasteiger partial charge on any atom is -0.205 e. The largest absolute Gasteiger partial charge is 0.205 e. The van der Waals surface area contributed by atoms with E-state index in [0.29, 0.717) is 0 Å². The van der Waals surface area contributed by atoms with Gasteiger partial charge in [-0.25, -0.2) is 4.57 Å². The van der Waals surface area contributed by atoms with Crippen LogP contribution in [0.3, 0.4) is 0 Å². The molecule has 0 bridgehead atoms. The Labute approximate surface area is 139 Å². The molecular formula is C21H38N+. The van der Waals surface area contributed by atoms with Crippen LogP contribution in [-0.4, -0.2) is 0 Å². The summed E-state index contributed by atoms with van der Waals surface area (Å²) in [5.74, 6) is 0. The molecule has 0 saturated heterocycles. The molecule has 0 N–H and O–H groups in total. The van der Waals surface area contributed by atoms with Gasteiger partial charge in [0, 0.05) is 18.1 Å². The lowest BCUT2D eigenvalue weighted by atomic mass is 10.1. The highest BCUT2D eigenvalue weighted by Crippen LogP contribution is 2.09. The lowest BCUT2D eigenvalue weighted by molar-refractivity contribution is -0.697. The third-order valence-electron chi connectivity index (χ3n) is 4.51. The first-order valence-corrected chi connectivity index (χ1v) is 9.84. The highest BCUT2D eigenvalue weighted by molar-refractivity contribution is 5.05. The number of aromatic nitrogens is 1. The molecule has 0 aliphatic carbocycles. The van der Waals surface area contributed by atoms with Crippen LogP contribution in [0.25, 0.3) is 0 Å². The molecule has 1 heteroatoms. The molecule has 1 nitrogen and oxygen atoms in total. The zero-order valence-electron chi connectivity index (χ0n) is 15.2. The summed E-state index contributed by atoms with van der Waals surface area (Å²) in [5.41, 5.74) is 1.52. The van der Waals surface area contributed by atoms with E-state index in [4.69, 9.17) is 0 Å². The zero-order chi connectivity index (χ0) is 15.9. The molecule has 0 radical (unpaired) electrons. The van der Waals surface area contributed by atoms with E-state index >= 15 is 0 Å². The van der Waals surface area contributed by atoms with Crippen molar-refractivity contribution >= 4 is 0 Å². The van der Waals surface area contributed by atoms with Crippen molar-refractivity contribution in [1.82, 2.24) is 0 Å². The van der Waals surface area contributed by atoms with Crippen molar-refractivity contribution in [1.29, 1.82) is 0 Å². The molecule has 0 aromatic carbocycles. The maximum atomic E-state index is 2.40. The number of rotatable bonds is 14. The van der Waals surface area contributed by atoms with Gasteiger partial charge in [-0.2, -0.15) is 0 Å². The molecule has 0 saturated carbocycles. The third kappa shape index (κ3) is 9.97. The fraction of sp³-hybridized carbons (Fsp3) is 0.762. The summed E-state index contributed by atoms with van der Waals surface area (Å²) in [7, 11) is 0. The number of hydrogen-bond acceptors (Lipinski definition) is 0. The van der Waals surface area contributed by atoms with Crippen molar-refractivity contribution in [2.75, 3.05) is 0 Å². The van der Waals surface area contributed by atoms with Crippen molar-refractivity contribution in [3.05, 3.63) is 30.1 Å². The minimum absolute atomic E-state index is 1.19. The first kappa shape index (κ1) is 19.2. The second kappa shape index (κ2) is 13.8. The molecule has 126 valence electrons. The Kier molecular flexibility index (Phi) is 12.0. The molecular weight excluding hydrogens is 266 g/mol. The molecule has 0 spiro atoms. The summed E-state index contributed by atoms with van der Waals surface area (Å²) in [6.45, 7) is 5.76. The van der Waals surface area contributed by atoms with E-state index < -0.39 is 0 Å². The van der Waals surface area contributed by atoms with Gasteiger partial charge < -0.3 is 0 Å². The van der Waals surface area contributed by atoms with E-state index in [2.05, 4.69) is 42.9 Å². The predicted molar refractivity (Wildman–Crippen MR) is 97.1 cm³/mol. The van der Waals surface area contributed by atoms with Crippen LogP contribution in [0.4, 0.5) is 0 Å². The molecule has 0 atom stereocenters. The highest BCUT2D eigenvalue weighted by atomic mass is 14.9. The Morgan fingerprint density at radius 2 is 1.32 bits per heavy atom. The van der Waals surface area contributed by atoms with Crippen LogP contribution in [0.5, 0.6) is 0 Å². The fourth-order valence-electron chi connectivity index (χ4n) is 3.05. The van der Waals surface area contributed by atoms with Crippen molar-refractivity contribution in [3.8, 4) is 0 Å². The SMILES string of the molecule is CCCCCCCCc1ccc[n+](CCCCCCCC)c1. The quantitative estimate of drug-likeness (QED) is 0.283. The average molecular weight is 305 g/mol. The van der Waals surface area contributed by atoms with Crippen molar-refractivity contribution in [2.24, 2.45) is 0 Å². The molecule has 1 aromatic heterocycles. The Morgan fingerprint density at radius 1 is 0.727 bits per heavy atom. The summed E-state index contributed by atoms with van der Waals surface area (Å²) in [6, 6.07) is 4.52. The number of unbranched alkanes of at least 4 members (excludes halogenated alkanes) is 10. The Balaban J connectivity index is 2.13. The summed E-state index contributed by atoms with van der Waals surface area (Å²) in [5, 5.41) is 0. The standard InChI is InChI=1S/C21H38N/c1-3-5-7-9-11-13-16-21-17-15-19-22(20-21)18-14-12-10-8-6-4-2/h15,17,19-20H,3-14,16,18H2,1-2H3/q+1. The third-order valence-corrected chi connectivity index (χ3v) is 4.51. The maximum Gasteiger partial charge on any atom is 0.171 e. The summed E-state index contributed by atoms with van der Waals surface area (Å²) < 4.78 is 2.40. The van der Waals surface area contributed by atoms with E-state index in [0.717, 1.165) is 0 Å². The minimum atomic E-state index is 1.19. The Morgan fingerprint density at radius 3 is 2.00 bits per heavy atom. The second-order valence-corrected chi connectivity index (χ2v) is 6.74. The van der Waals surface area contributed by atoms with Crippen LogP contribution in [0.15, 0.2) is 24.5 Å². The van der Waals surface area contributed by atoms with Crippen LogP contribution in [0.2, 0.25) is 0 Å². The van der Waals surface area contributed by atoms with Crippen LogP contribution in [-0.2, 0) is 13.0 Å². The Bertz CT molecular complexity index is 327. The molecule has 0 aliphatic rings. The van der Waals surface area contributed by atoms with Gasteiger partial charge in [0.1, 0.15) is 6.54 Å². The predicted octanol–water partition coefficient (Wildman–Crippen LogP) is 6.24. The van der Waals surface area contributed by atoms with Gasteiger partial charge >= 0.3 is 0 Å². The molecule has 0 fully saturated rings. The average Bonchev–Trinajstić information content (AvgIpc) is 2.54. The molecule has 22 heavy (non-hydrogen) atoms. The van der Waals surface area contributed by atoms with Gasteiger partial charge in [0.15, 0.2) is 12.4 Å². The fourth-order valence-corrected chi connectivity index (χ4v) is 3.05. The molecule has 0 amide bonds. The van der Waals surface area contributed by atoms with Gasteiger partial charge in [0.25, 0.3) is 0 Å². The monoisotopic (exact) mass is 304 g/mol. The summed E-state index contributed by atoms with van der Waals surface area (Å²) in [6.07, 6.45) is 22.5. The number of aryl methyl sites for hydroxylation is 2. The first-order valence-electron chi connectivity index (χ1n) is 9.84. The zero-order valence-corrected chi connectivity index (χ0v) is 15.2. The molecule has 0 aliphatic heterocycles. The van der Waals surface area contributed by atoms with E-state index in [1.807, 2.05) is 0 Å².